The highest BCUT2D eigenvalue weighted by atomic mass is 16.2. The van der Waals surface area contributed by atoms with Crippen molar-refractivity contribution >= 4 is 5.91 Å². The van der Waals surface area contributed by atoms with E-state index in [1.807, 2.05) is 42.3 Å². The molecule has 2 N–H and O–H groups in total. The number of nitrogens with two attached hydrogens (primary N) is 1. The van der Waals surface area contributed by atoms with Gasteiger partial charge in [0.15, 0.2) is 0 Å². The predicted molar refractivity (Wildman–Crippen MR) is 81.5 cm³/mol. The second-order valence-electron chi connectivity index (χ2n) is 5.71. The van der Waals surface area contributed by atoms with E-state index >= 15 is 0 Å². The Kier molecular flexibility index (Phi) is 5.15. The van der Waals surface area contributed by atoms with E-state index in [1.54, 1.807) is 0 Å². The molecule has 2 rings (SSSR count). The van der Waals surface area contributed by atoms with Gasteiger partial charge in [-0.3, -0.25) is 4.79 Å². The Morgan fingerprint density at radius 1 is 1.45 bits per heavy atom. The van der Waals surface area contributed by atoms with Crippen molar-refractivity contribution in [3.05, 3.63) is 35.9 Å². The number of likely N-dealkylation sites (N-methyl/N-ethyl adjacent to an activating group) is 2. The SMILES string of the molecule is CN1CCCC(N(C)C(=O)C(CN)c2ccccc2)C1. The summed E-state index contributed by atoms with van der Waals surface area (Å²) in [4.78, 5) is 16.9. The van der Waals surface area contributed by atoms with E-state index in [-0.39, 0.29) is 11.8 Å². The average Bonchev–Trinajstić information content (AvgIpc) is 2.48. The Morgan fingerprint density at radius 2 is 2.15 bits per heavy atom. The molecule has 2 unspecified atom stereocenters. The number of rotatable bonds is 4. The fourth-order valence-electron chi connectivity index (χ4n) is 2.95. The predicted octanol–water partition coefficient (Wildman–Crippen LogP) is 1.28. The highest BCUT2D eigenvalue weighted by Gasteiger charge is 2.29. The maximum absolute atomic E-state index is 12.7. The summed E-state index contributed by atoms with van der Waals surface area (Å²) < 4.78 is 0. The van der Waals surface area contributed by atoms with Crippen molar-refractivity contribution in [1.29, 1.82) is 0 Å². The van der Waals surface area contributed by atoms with Gasteiger partial charge >= 0.3 is 0 Å². The number of piperidine rings is 1. The van der Waals surface area contributed by atoms with Crippen molar-refractivity contribution in [3.63, 3.8) is 0 Å². The van der Waals surface area contributed by atoms with Gasteiger partial charge in [0.2, 0.25) is 5.91 Å². The molecule has 1 fully saturated rings. The second kappa shape index (κ2) is 6.86. The molecule has 1 saturated heterocycles. The quantitative estimate of drug-likeness (QED) is 0.900. The molecule has 2 atom stereocenters. The number of carbonyl (C=O) groups excluding carboxylic acids is 1. The van der Waals surface area contributed by atoms with Crippen LogP contribution < -0.4 is 5.73 Å². The smallest absolute Gasteiger partial charge is 0.231 e. The summed E-state index contributed by atoms with van der Waals surface area (Å²) in [5.41, 5.74) is 6.85. The van der Waals surface area contributed by atoms with E-state index in [2.05, 4.69) is 11.9 Å². The molecule has 4 nitrogen and oxygen atoms in total. The molecule has 0 radical (unpaired) electrons. The Morgan fingerprint density at radius 3 is 2.75 bits per heavy atom. The van der Waals surface area contributed by atoms with Crippen molar-refractivity contribution in [2.45, 2.75) is 24.8 Å². The zero-order chi connectivity index (χ0) is 14.5. The Balaban J connectivity index is 2.08. The van der Waals surface area contributed by atoms with Crippen LogP contribution in [0.5, 0.6) is 0 Å². The van der Waals surface area contributed by atoms with Crippen molar-refractivity contribution in [2.75, 3.05) is 33.7 Å². The number of benzene rings is 1. The zero-order valence-electron chi connectivity index (χ0n) is 12.5. The molecule has 1 aliphatic heterocycles. The first-order valence-corrected chi connectivity index (χ1v) is 7.33. The number of hydrogen-bond acceptors (Lipinski definition) is 3. The molecule has 20 heavy (non-hydrogen) atoms. The third-order valence-corrected chi connectivity index (χ3v) is 4.23. The lowest BCUT2D eigenvalue weighted by atomic mass is 9.96. The first-order chi connectivity index (χ1) is 9.63. The van der Waals surface area contributed by atoms with Gasteiger partial charge in [0.25, 0.3) is 0 Å². The minimum Gasteiger partial charge on any atom is -0.341 e. The summed E-state index contributed by atoms with van der Waals surface area (Å²) in [6.45, 7) is 2.43. The van der Waals surface area contributed by atoms with Crippen LogP contribution in [0, 0.1) is 0 Å². The van der Waals surface area contributed by atoms with Gasteiger partial charge in [0, 0.05) is 26.2 Å². The summed E-state index contributed by atoms with van der Waals surface area (Å²) >= 11 is 0. The summed E-state index contributed by atoms with van der Waals surface area (Å²) in [5.74, 6) is -0.0903. The van der Waals surface area contributed by atoms with E-state index in [0.29, 0.717) is 12.6 Å². The fourth-order valence-corrected chi connectivity index (χ4v) is 2.95. The van der Waals surface area contributed by atoms with E-state index in [1.165, 1.54) is 0 Å². The molecule has 0 saturated carbocycles. The molecule has 110 valence electrons. The highest BCUT2D eigenvalue weighted by Crippen LogP contribution is 2.21. The molecule has 1 aromatic rings. The van der Waals surface area contributed by atoms with Crippen molar-refractivity contribution in [3.8, 4) is 0 Å². The molecule has 0 bridgehead atoms. The van der Waals surface area contributed by atoms with Crippen molar-refractivity contribution in [1.82, 2.24) is 9.80 Å². The summed E-state index contributed by atoms with van der Waals surface area (Å²) in [6.07, 6.45) is 2.23. The zero-order valence-corrected chi connectivity index (χ0v) is 12.5. The molecule has 4 heteroatoms. The summed E-state index contributed by atoms with van der Waals surface area (Å²) in [7, 11) is 4.03. The van der Waals surface area contributed by atoms with Gasteiger partial charge in [-0.25, -0.2) is 0 Å². The van der Waals surface area contributed by atoms with Crippen LogP contribution in [0.4, 0.5) is 0 Å². The lowest BCUT2D eigenvalue weighted by molar-refractivity contribution is -0.134. The molecule has 0 spiro atoms. The molecule has 1 aliphatic rings. The molecule has 0 aliphatic carbocycles. The highest BCUT2D eigenvalue weighted by molar-refractivity contribution is 5.84. The fraction of sp³-hybridized carbons (Fsp3) is 0.562. The number of likely N-dealkylation sites (tertiary alicyclic amines) is 1. The van der Waals surface area contributed by atoms with E-state index in [4.69, 9.17) is 5.73 Å². The van der Waals surface area contributed by atoms with Gasteiger partial charge in [0.1, 0.15) is 0 Å². The lowest BCUT2D eigenvalue weighted by Crippen LogP contribution is -2.49. The van der Waals surface area contributed by atoms with Crippen LogP contribution in [-0.2, 0) is 4.79 Å². The average molecular weight is 275 g/mol. The Hall–Kier alpha value is -1.39. The van der Waals surface area contributed by atoms with Crippen LogP contribution in [0.2, 0.25) is 0 Å². The van der Waals surface area contributed by atoms with Crippen molar-refractivity contribution < 1.29 is 4.79 Å². The normalized spacial score (nSPS) is 21.4. The van der Waals surface area contributed by atoms with E-state index in [9.17, 15) is 4.79 Å². The Bertz CT molecular complexity index is 435. The van der Waals surface area contributed by atoms with Crippen molar-refractivity contribution in [2.24, 2.45) is 5.73 Å². The van der Waals surface area contributed by atoms with E-state index in [0.717, 1.165) is 31.5 Å². The van der Waals surface area contributed by atoms with Crippen LogP contribution in [0.25, 0.3) is 0 Å². The van der Waals surface area contributed by atoms with Gasteiger partial charge < -0.3 is 15.5 Å². The first-order valence-electron chi connectivity index (χ1n) is 7.33. The van der Waals surface area contributed by atoms with Gasteiger partial charge in [-0.2, -0.15) is 0 Å². The molecular weight excluding hydrogens is 250 g/mol. The Labute approximate surface area is 121 Å². The number of hydrogen-bond donors (Lipinski definition) is 1. The molecule has 1 amide bonds. The third kappa shape index (κ3) is 3.38. The van der Waals surface area contributed by atoms with Crippen LogP contribution in [0.1, 0.15) is 24.3 Å². The first kappa shape index (κ1) is 15.0. The molecule has 1 heterocycles. The molecule has 1 aromatic carbocycles. The molecular formula is C16H25N3O. The van der Waals surface area contributed by atoms with Crippen LogP contribution in [-0.4, -0.2) is 55.5 Å². The maximum Gasteiger partial charge on any atom is 0.231 e. The summed E-state index contributed by atoms with van der Waals surface area (Å²) in [6, 6.07) is 10.1. The minimum atomic E-state index is -0.228. The largest absolute Gasteiger partial charge is 0.341 e. The molecule has 0 aromatic heterocycles. The monoisotopic (exact) mass is 275 g/mol. The van der Waals surface area contributed by atoms with Gasteiger partial charge in [-0.05, 0) is 32.0 Å². The third-order valence-electron chi connectivity index (χ3n) is 4.23. The van der Waals surface area contributed by atoms with Gasteiger partial charge in [-0.15, -0.1) is 0 Å². The van der Waals surface area contributed by atoms with Crippen LogP contribution >= 0.6 is 0 Å². The van der Waals surface area contributed by atoms with Crippen LogP contribution in [0.15, 0.2) is 30.3 Å². The van der Waals surface area contributed by atoms with Gasteiger partial charge in [-0.1, -0.05) is 30.3 Å². The van der Waals surface area contributed by atoms with E-state index < -0.39 is 0 Å². The topological polar surface area (TPSA) is 49.6 Å². The number of amides is 1. The second-order valence-corrected chi connectivity index (χ2v) is 5.71. The van der Waals surface area contributed by atoms with Crippen LogP contribution in [0.3, 0.4) is 0 Å². The number of nitrogens with zero attached hydrogens (tertiary/aromatic N) is 2. The lowest BCUT2D eigenvalue weighted by Gasteiger charge is -2.37. The number of carbonyl (C=O) groups is 1. The summed E-state index contributed by atoms with van der Waals surface area (Å²) in [5, 5.41) is 0. The standard InChI is InChI=1S/C16H25N3O/c1-18-10-6-9-14(12-18)19(2)16(20)15(11-17)13-7-4-3-5-8-13/h3-5,7-8,14-15H,6,9-12,17H2,1-2H3. The van der Waals surface area contributed by atoms with Gasteiger partial charge in [0.05, 0.1) is 5.92 Å². The maximum atomic E-state index is 12.7. The minimum absolute atomic E-state index is 0.138.